The van der Waals surface area contributed by atoms with Crippen LogP contribution in [0.2, 0.25) is 0 Å². The number of benzene rings is 1. The Morgan fingerprint density at radius 2 is 2.06 bits per heavy atom. The zero-order valence-electron chi connectivity index (χ0n) is 9.76. The van der Waals surface area contributed by atoms with Crippen molar-refractivity contribution in [3.8, 4) is 11.8 Å². The van der Waals surface area contributed by atoms with Crippen molar-refractivity contribution < 1.29 is 17.9 Å². The summed E-state index contributed by atoms with van der Waals surface area (Å²) in [4.78, 5) is 0. The number of hydrogen-bond donors (Lipinski definition) is 1. The molecule has 0 amide bonds. The Hall–Kier alpha value is -1.51. The quantitative estimate of drug-likeness (QED) is 0.664. The van der Waals surface area contributed by atoms with Gasteiger partial charge in [-0.2, -0.15) is 13.2 Å². The van der Waals surface area contributed by atoms with Crippen molar-refractivity contribution in [2.45, 2.75) is 19.2 Å². The Bertz CT molecular complexity index is 432. The molecule has 1 aromatic rings. The summed E-state index contributed by atoms with van der Waals surface area (Å²) in [6, 6.07) is 7.14. The van der Waals surface area contributed by atoms with Gasteiger partial charge < -0.3 is 10.5 Å². The van der Waals surface area contributed by atoms with Gasteiger partial charge in [0.2, 0.25) is 0 Å². The zero-order chi connectivity index (χ0) is 13.4. The van der Waals surface area contributed by atoms with Crippen LogP contribution in [0.4, 0.5) is 13.2 Å². The van der Waals surface area contributed by atoms with Crippen molar-refractivity contribution in [3.05, 3.63) is 35.4 Å². The summed E-state index contributed by atoms with van der Waals surface area (Å²) in [5.74, 6) is 5.56. The van der Waals surface area contributed by atoms with Gasteiger partial charge in [0.15, 0.2) is 0 Å². The molecule has 1 rings (SSSR count). The van der Waals surface area contributed by atoms with Gasteiger partial charge in [-0.15, -0.1) is 0 Å². The topological polar surface area (TPSA) is 35.2 Å². The Balaban J connectivity index is 2.43. The molecule has 0 radical (unpaired) electrons. The van der Waals surface area contributed by atoms with Gasteiger partial charge in [0.25, 0.3) is 0 Å². The Labute approximate surface area is 104 Å². The first-order chi connectivity index (χ1) is 8.51. The number of hydrogen-bond acceptors (Lipinski definition) is 2. The highest BCUT2D eigenvalue weighted by Crippen LogP contribution is 2.19. The molecule has 0 fully saturated rings. The smallest absolute Gasteiger partial charge is 0.376 e. The van der Waals surface area contributed by atoms with E-state index in [1.54, 1.807) is 18.2 Å². The summed E-state index contributed by atoms with van der Waals surface area (Å²) in [6.45, 7) is 0.0861. The molecule has 0 aliphatic rings. The van der Waals surface area contributed by atoms with E-state index in [1.165, 1.54) is 0 Å². The summed E-state index contributed by atoms with van der Waals surface area (Å²) in [5, 5.41) is 0. The lowest BCUT2D eigenvalue weighted by Gasteiger charge is -2.07. The normalized spacial score (nSPS) is 10.9. The van der Waals surface area contributed by atoms with Crippen molar-refractivity contribution in [1.29, 1.82) is 0 Å². The zero-order valence-corrected chi connectivity index (χ0v) is 9.76. The average molecular weight is 257 g/mol. The van der Waals surface area contributed by atoms with E-state index in [2.05, 4.69) is 11.8 Å². The molecule has 5 heteroatoms. The van der Waals surface area contributed by atoms with E-state index < -0.39 is 12.6 Å². The highest BCUT2D eigenvalue weighted by Gasteiger charge is 2.26. The van der Waals surface area contributed by atoms with Crippen LogP contribution >= 0.6 is 0 Å². The van der Waals surface area contributed by atoms with Gasteiger partial charge in [-0.3, -0.25) is 0 Å². The maximum Gasteiger partial charge on any atom is 0.391 e. The summed E-state index contributed by atoms with van der Waals surface area (Å²) in [6.07, 6.45) is -5.10. The minimum absolute atomic E-state index is 0.147. The lowest BCUT2D eigenvalue weighted by atomic mass is 10.1. The van der Waals surface area contributed by atoms with E-state index in [0.717, 1.165) is 11.1 Å². The lowest BCUT2D eigenvalue weighted by Crippen LogP contribution is -2.11. The van der Waals surface area contributed by atoms with Crippen LogP contribution in [0, 0.1) is 11.8 Å². The van der Waals surface area contributed by atoms with Gasteiger partial charge in [0.1, 0.15) is 0 Å². The van der Waals surface area contributed by atoms with Crippen LogP contribution < -0.4 is 5.73 Å². The Morgan fingerprint density at radius 3 is 2.72 bits per heavy atom. The van der Waals surface area contributed by atoms with Gasteiger partial charge in [-0.1, -0.05) is 24.0 Å². The second-order valence-electron chi connectivity index (χ2n) is 3.62. The van der Waals surface area contributed by atoms with Gasteiger partial charge in [0, 0.05) is 5.56 Å². The summed E-state index contributed by atoms with van der Waals surface area (Å²) in [7, 11) is 0. The molecule has 0 unspecified atom stereocenters. The van der Waals surface area contributed by atoms with Crippen LogP contribution in [-0.2, 0) is 11.3 Å². The van der Waals surface area contributed by atoms with E-state index in [4.69, 9.17) is 10.5 Å². The molecule has 98 valence electrons. The van der Waals surface area contributed by atoms with Crippen LogP contribution in [-0.4, -0.2) is 19.3 Å². The summed E-state index contributed by atoms with van der Waals surface area (Å²) < 4.78 is 40.6. The second kappa shape index (κ2) is 7.04. The van der Waals surface area contributed by atoms with Gasteiger partial charge in [0.05, 0.1) is 26.2 Å². The maximum atomic E-state index is 11.9. The number of alkyl halides is 3. The monoisotopic (exact) mass is 257 g/mol. The van der Waals surface area contributed by atoms with Crippen molar-refractivity contribution >= 4 is 0 Å². The Kier molecular flexibility index (Phi) is 5.69. The lowest BCUT2D eigenvalue weighted by molar-refractivity contribution is -0.146. The molecule has 18 heavy (non-hydrogen) atoms. The minimum atomic E-state index is -4.17. The van der Waals surface area contributed by atoms with E-state index in [-0.39, 0.29) is 19.8 Å². The molecular weight excluding hydrogens is 243 g/mol. The fourth-order valence-corrected chi connectivity index (χ4v) is 1.27. The highest BCUT2D eigenvalue weighted by molar-refractivity contribution is 5.37. The molecule has 0 bridgehead atoms. The number of halogens is 3. The molecule has 0 spiro atoms. The van der Waals surface area contributed by atoms with E-state index in [9.17, 15) is 13.2 Å². The standard InChI is InChI=1S/C13H14F3NO/c14-13(15,16)6-8-18-10-12-4-1-3-11(9-12)5-2-7-17/h1,3-4,9H,6-8,10,17H2. The largest absolute Gasteiger partial charge is 0.391 e. The fourth-order valence-electron chi connectivity index (χ4n) is 1.27. The summed E-state index contributed by atoms with van der Waals surface area (Å²) in [5.41, 5.74) is 6.82. The summed E-state index contributed by atoms with van der Waals surface area (Å²) >= 11 is 0. The van der Waals surface area contributed by atoms with E-state index in [0.29, 0.717) is 0 Å². The third-order valence-electron chi connectivity index (χ3n) is 2.06. The molecule has 2 nitrogen and oxygen atoms in total. The van der Waals surface area contributed by atoms with Crippen LogP contribution in [0.5, 0.6) is 0 Å². The molecule has 1 aromatic carbocycles. The fraction of sp³-hybridized carbons (Fsp3) is 0.385. The van der Waals surface area contributed by atoms with Crippen LogP contribution in [0.3, 0.4) is 0 Å². The van der Waals surface area contributed by atoms with E-state index >= 15 is 0 Å². The average Bonchev–Trinajstić information content (AvgIpc) is 2.31. The predicted octanol–water partition coefficient (Wildman–Crippen LogP) is 2.47. The van der Waals surface area contributed by atoms with Crippen LogP contribution in [0.25, 0.3) is 0 Å². The maximum absolute atomic E-state index is 11.9. The molecule has 0 heterocycles. The predicted molar refractivity (Wildman–Crippen MR) is 62.7 cm³/mol. The van der Waals surface area contributed by atoms with Crippen molar-refractivity contribution in [1.82, 2.24) is 0 Å². The van der Waals surface area contributed by atoms with Crippen molar-refractivity contribution in [2.24, 2.45) is 5.73 Å². The molecule has 0 aromatic heterocycles. The number of nitrogens with two attached hydrogens (primary N) is 1. The van der Waals surface area contributed by atoms with Crippen molar-refractivity contribution in [3.63, 3.8) is 0 Å². The van der Waals surface area contributed by atoms with E-state index in [1.807, 2.05) is 6.07 Å². The highest BCUT2D eigenvalue weighted by atomic mass is 19.4. The molecular formula is C13H14F3NO. The first-order valence-corrected chi connectivity index (χ1v) is 5.43. The second-order valence-corrected chi connectivity index (χ2v) is 3.62. The SMILES string of the molecule is NCC#Cc1cccc(COCCC(F)(F)F)c1. The molecule has 0 atom stereocenters. The first-order valence-electron chi connectivity index (χ1n) is 5.43. The molecule has 0 saturated heterocycles. The van der Waals surface area contributed by atoms with Gasteiger partial charge in [-0.25, -0.2) is 0 Å². The minimum Gasteiger partial charge on any atom is -0.376 e. The number of ether oxygens (including phenoxy) is 1. The molecule has 2 N–H and O–H groups in total. The van der Waals surface area contributed by atoms with Crippen LogP contribution in [0.15, 0.2) is 24.3 Å². The first kappa shape index (κ1) is 14.6. The Morgan fingerprint density at radius 1 is 1.28 bits per heavy atom. The van der Waals surface area contributed by atoms with Gasteiger partial charge in [-0.05, 0) is 17.7 Å². The van der Waals surface area contributed by atoms with Gasteiger partial charge >= 0.3 is 6.18 Å². The molecule has 0 saturated carbocycles. The number of rotatable bonds is 4. The van der Waals surface area contributed by atoms with Crippen LogP contribution in [0.1, 0.15) is 17.5 Å². The van der Waals surface area contributed by atoms with Crippen molar-refractivity contribution in [2.75, 3.05) is 13.2 Å². The molecule has 0 aliphatic heterocycles. The molecule has 0 aliphatic carbocycles. The third kappa shape index (κ3) is 6.28. The third-order valence-corrected chi connectivity index (χ3v) is 2.06.